The first-order chi connectivity index (χ1) is 7.20. The first-order valence-electron chi connectivity index (χ1n) is 4.88. The molecule has 0 radical (unpaired) electrons. The number of hydrogen-bond acceptors (Lipinski definition) is 2. The largest absolute Gasteiger partial charge is 0.214 e. The molecule has 0 aliphatic heterocycles. The zero-order valence-electron chi connectivity index (χ0n) is 9.19. The number of benzene rings is 1. The molecule has 0 bridgehead atoms. The van der Waals surface area contributed by atoms with Gasteiger partial charge in [0.25, 0.3) is 0 Å². The van der Waals surface area contributed by atoms with Crippen molar-refractivity contribution in [1.29, 1.82) is 0 Å². The first kappa shape index (κ1) is 10.3. The van der Waals surface area contributed by atoms with Crippen LogP contribution in [0.25, 0.3) is 11.3 Å². The molecule has 1 aromatic carbocycles. The number of hydrogen-bond donors (Lipinski definition) is 0. The van der Waals surface area contributed by atoms with E-state index in [0.29, 0.717) is 0 Å². The van der Waals surface area contributed by atoms with Gasteiger partial charge in [-0.25, -0.2) is 4.09 Å². The molecule has 0 unspecified atom stereocenters. The van der Waals surface area contributed by atoms with Gasteiger partial charge in [-0.3, -0.25) is 0 Å². The maximum absolute atomic E-state index is 4.47. The lowest BCUT2D eigenvalue weighted by atomic mass is 10.0. The summed E-state index contributed by atoms with van der Waals surface area (Å²) in [5, 5.41) is 4.47. The molecule has 0 saturated heterocycles. The van der Waals surface area contributed by atoms with Crippen molar-refractivity contribution in [3.05, 3.63) is 41.6 Å². The fourth-order valence-electron chi connectivity index (χ4n) is 1.65. The van der Waals surface area contributed by atoms with Crippen molar-refractivity contribution >= 4 is 11.9 Å². The summed E-state index contributed by atoms with van der Waals surface area (Å²) in [6, 6.07) is 8.50. The van der Waals surface area contributed by atoms with Gasteiger partial charge in [0.15, 0.2) is 0 Å². The van der Waals surface area contributed by atoms with E-state index in [-0.39, 0.29) is 0 Å². The monoisotopic (exact) mass is 218 g/mol. The molecule has 0 spiro atoms. The van der Waals surface area contributed by atoms with Crippen molar-refractivity contribution in [2.24, 2.45) is 0 Å². The van der Waals surface area contributed by atoms with Crippen LogP contribution < -0.4 is 0 Å². The topological polar surface area (TPSA) is 17.8 Å². The van der Waals surface area contributed by atoms with Crippen LogP contribution in [0.5, 0.6) is 0 Å². The normalized spacial score (nSPS) is 10.6. The molecule has 0 aliphatic rings. The minimum atomic E-state index is 1.04. The van der Waals surface area contributed by atoms with E-state index in [0.717, 1.165) is 5.69 Å². The molecule has 0 aliphatic carbocycles. The molecule has 78 valence electrons. The predicted molar refractivity (Wildman–Crippen MR) is 66.1 cm³/mol. The summed E-state index contributed by atoms with van der Waals surface area (Å²) in [4.78, 5) is 0. The van der Waals surface area contributed by atoms with Gasteiger partial charge in [0.05, 0.1) is 5.69 Å². The minimum Gasteiger partial charge on any atom is -0.214 e. The molecule has 1 heterocycles. The molecule has 0 saturated carbocycles. The average molecular weight is 218 g/mol. The molecule has 15 heavy (non-hydrogen) atoms. The molecule has 3 heteroatoms. The average Bonchev–Trinajstić information content (AvgIpc) is 2.66. The van der Waals surface area contributed by atoms with Gasteiger partial charge >= 0.3 is 0 Å². The van der Waals surface area contributed by atoms with Crippen LogP contribution in [0.1, 0.15) is 11.1 Å². The second kappa shape index (κ2) is 4.11. The van der Waals surface area contributed by atoms with Gasteiger partial charge in [-0.05, 0) is 37.4 Å². The summed E-state index contributed by atoms with van der Waals surface area (Å²) >= 11 is 1.60. The van der Waals surface area contributed by atoms with Crippen molar-refractivity contribution in [3.63, 3.8) is 0 Å². The van der Waals surface area contributed by atoms with E-state index in [9.17, 15) is 0 Å². The van der Waals surface area contributed by atoms with E-state index in [1.54, 1.807) is 11.9 Å². The summed E-state index contributed by atoms with van der Waals surface area (Å²) in [6.45, 7) is 4.23. The lowest BCUT2D eigenvalue weighted by molar-refractivity contribution is 1.02. The fraction of sp³-hybridized carbons (Fsp3) is 0.250. The molecule has 2 nitrogen and oxygen atoms in total. The molecule has 2 rings (SSSR count). The number of nitrogens with zero attached hydrogens (tertiary/aromatic N) is 2. The highest BCUT2D eigenvalue weighted by Gasteiger charge is 2.04. The van der Waals surface area contributed by atoms with Crippen LogP contribution in [0.15, 0.2) is 30.5 Å². The van der Waals surface area contributed by atoms with Crippen LogP contribution in [-0.4, -0.2) is 15.4 Å². The highest BCUT2D eigenvalue weighted by molar-refractivity contribution is 7.97. The zero-order valence-corrected chi connectivity index (χ0v) is 10.0. The Hall–Kier alpha value is -1.22. The Balaban J connectivity index is 2.44. The van der Waals surface area contributed by atoms with Crippen LogP contribution in [0.4, 0.5) is 0 Å². The smallest absolute Gasteiger partial charge is 0.0936 e. The SMILES string of the molecule is CSn1ccc(-c2ccc(C)cc2C)n1. The molecule has 0 fully saturated rings. The van der Waals surface area contributed by atoms with Crippen LogP contribution in [0.2, 0.25) is 0 Å². The summed E-state index contributed by atoms with van der Waals surface area (Å²) in [6.07, 6.45) is 4.00. The molecular weight excluding hydrogens is 204 g/mol. The van der Waals surface area contributed by atoms with Gasteiger partial charge in [-0.15, -0.1) is 0 Å². The first-order valence-corrected chi connectivity index (χ1v) is 6.06. The van der Waals surface area contributed by atoms with Crippen LogP contribution in [-0.2, 0) is 0 Å². The number of aryl methyl sites for hydroxylation is 2. The van der Waals surface area contributed by atoms with E-state index in [1.165, 1.54) is 16.7 Å². The Kier molecular flexibility index (Phi) is 2.82. The van der Waals surface area contributed by atoms with E-state index < -0.39 is 0 Å². The maximum Gasteiger partial charge on any atom is 0.0936 e. The van der Waals surface area contributed by atoms with Crippen LogP contribution in [0.3, 0.4) is 0 Å². The van der Waals surface area contributed by atoms with Gasteiger partial charge in [0.2, 0.25) is 0 Å². The highest BCUT2D eigenvalue weighted by Crippen LogP contribution is 2.22. The number of rotatable bonds is 2. The molecule has 0 atom stereocenters. The van der Waals surface area contributed by atoms with Crippen molar-refractivity contribution in [2.45, 2.75) is 13.8 Å². The summed E-state index contributed by atoms with van der Waals surface area (Å²) in [5.41, 5.74) is 4.83. The zero-order chi connectivity index (χ0) is 10.8. The van der Waals surface area contributed by atoms with Crippen molar-refractivity contribution < 1.29 is 0 Å². The molecule has 0 N–H and O–H groups in total. The van der Waals surface area contributed by atoms with Gasteiger partial charge in [0.1, 0.15) is 0 Å². The van der Waals surface area contributed by atoms with E-state index in [1.807, 2.05) is 22.6 Å². The van der Waals surface area contributed by atoms with E-state index in [2.05, 4.69) is 37.1 Å². The summed E-state index contributed by atoms with van der Waals surface area (Å²) in [5.74, 6) is 0. The minimum absolute atomic E-state index is 1.04. The van der Waals surface area contributed by atoms with Crippen molar-refractivity contribution in [1.82, 2.24) is 9.19 Å². The van der Waals surface area contributed by atoms with Gasteiger partial charge in [-0.2, -0.15) is 5.10 Å². The van der Waals surface area contributed by atoms with Crippen LogP contribution >= 0.6 is 11.9 Å². The fourth-order valence-corrected chi connectivity index (χ4v) is 2.01. The van der Waals surface area contributed by atoms with Gasteiger partial charge in [-0.1, -0.05) is 23.8 Å². The van der Waals surface area contributed by atoms with E-state index >= 15 is 0 Å². The lowest BCUT2D eigenvalue weighted by Gasteiger charge is -2.03. The van der Waals surface area contributed by atoms with E-state index in [4.69, 9.17) is 0 Å². The molecular formula is C12H14N2S. The quantitative estimate of drug-likeness (QED) is 0.769. The lowest BCUT2D eigenvalue weighted by Crippen LogP contribution is -1.88. The highest BCUT2D eigenvalue weighted by atomic mass is 32.2. The van der Waals surface area contributed by atoms with Crippen molar-refractivity contribution in [3.8, 4) is 11.3 Å². The Morgan fingerprint density at radius 3 is 2.60 bits per heavy atom. The third-order valence-electron chi connectivity index (χ3n) is 2.41. The van der Waals surface area contributed by atoms with Crippen LogP contribution in [0, 0.1) is 13.8 Å². The predicted octanol–water partition coefficient (Wildman–Crippen LogP) is 3.29. The molecule has 2 aromatic rings. The Labute approximate surface area is 94.4 Å². The third-order valence-corrected chi connectivity index (χ3v) is 2.99. The van der Waals surface area contributed by atoms with Gasteiger partial charge in [0, 0.05) is 18.0 Å². The third kappa shape index (κ3) is 2.07. The molecule has 1 aromatic heterocycles. The maximum atomic E-state index is 4.47. The Morgan fingerprint density at radius 1 is 1.20 bits per heavy atom. The standard InChI is InChI=1S/C12H14N2S/c1-9-4-5-11(10(2)8-9)12-6-7-14(13-12)15-3/h4-8H,1-3H3. The molecule has 0 amide bonds. The summed E-state index contributed by atoms with van der Waals surface area (Å²) < 4.78 is 1.87. The summed E-state index contributed by atoms with van der Waals surface area (Å²) in [7, 11) is 0. The second-order valence-electron chi connectivity index (χ2n) is 3.60. The Morgan fingerprint density at radius 2 is 2.00 bits per heavy atom. The number of aromatic nitrogens is 2. The van der Waals surface area contributed by atoms with Gasteiger partial charge < -0.3 is 0 Å². The second-order valence-corrected chi connectivity index (χ2v) is 4.34. The van der Waals surface area contributed by atoms with Crippen molar-refractivity contribution in [2.75, 3.05) is 6.26 Å². The Bertz CT molecular complexity index is 474.